The predicted octanol–water partition coefficient (Wildman–Crippen LogP) is 7.73. The molecule has 1 unspecified atom stereocenters. The van der Waals surface area contributed by atoms with Gasteiger partial charge in [0.2, 0.25) is 11.8 Å². The number of carbonyl (C=O) groups excluding carboxylic acids is 3. The third kappa shape index (κ3) is 7.33. The van der Waals surface area contributed by atoms with Gasteiger partial charge in [-0.1, -0.05) is 140 Å². The normalized spacial score (nSPS) is 12.4. The van der Waals surface area contributed by atoms with E-state index in [9.17, 15) is 24.3 Å². The van der Waals surface area contributed by atoms with Crippen molar-refractivity contribution in [2.45, 2.75) is 23.9 Å². The van der Waals surface area contributed by atoms with Crippen LogP contribution in [-0.4, -0.2) is 41.6 Å². The van der Waals surface area contributed by atoms with E-state index in [1.54, 1.807) is 0 Å². The lowest BCUT2D eigenvalue weighted by Gasteiger charge is -2.37. The van der Waals surface area contributed by atoms with Gasteiger partial charge in [0.25, 0.3) is 0 Å². The summed E-state index contributed by atoms with van der Waals surface area (Å²) in [5, 5.41) is 17.9. The van der Waals surface area contributed by atoms with Crippen molar-refractivity contribution in [1.82, 2.24) is 10.6 Å². The number of aromatic carboxylic acids is 1. The highest BCUT2D eigenvalue weighted by Crippen LogP contribution is 2.44. The molecule has 0 radical (unpaired) electrons. The summed E-state index contributed by atoms with van der Waals surface area (Å²) in [6.45, 7) is 0.0101. The first kappa shape index (κ1) is 35.4. The highest BCUT2D eigenvalue weighted by Gasteiger charge is 2.39. The van der Waals surface area contributed by atoms with Crippen LogP contribution in [0.15, 0.2) is 164 Å². The number of fused-ring (bicyclic) bond motifs is 3. The summed E-state index contributed by atoms with van der Waals surface area (Å²) >= 11 is 0. The lowest BCUT2D eigenvalue weighted by Crippen LogP contribution is -2.52. The van der Waals surface area contributed by atoms with Crippen LogP contribution in [0.2, 0.25) is 0 Å². The Morgan fingerprint density at radius 3 is 1.56 bits per heavy atom. The quantitative estimate of drug-likeness (QED) is 0.0959. The lowest BCUT2D eigenvalue weighted by atomic mass is 9.77. The molecule has 0 heterocycles. The summed E-state index contributed by atoms with van der Waals surface area (Å²) in [4.78, 5) is 53.2. The minimum Gasteiger partial charge on any atom is -0.478 e. The van der Waals surface area contributed by atoms with E-state index in [1.807, 2.05) is 140 Å². The maximum Gasteiger partial charge on any atom is 0.407 e. The molecule has 1 aliphatic rings. The van der Waals surface area contributed by atoms with Gasteiger partial charge in [-0.05, 0) is 63.2 Å². The Morgan fingerprint density at radius 1 is 0.611 bits per heavy atom. The first-order valence-corrected chi connectivity index (χ1v) is 17.6. The zero-order valence-corrected chi connectivity index (χ0v) is 29.1. The van der Waals surface area contributed by atoms with Gasteiger partial charge in [-0.2, -0.15) is 0 Å². The zero-order valence-electron chi connectivity index (χ0n) is 29.1. The van der Waals surface area contributed by atoms with Crippen molar-refractivity contribution < 1.29 is 29.0 Å². The first-order chi connectivity index (χ1) is 26.3. The number of nitrogens with one attached hydrogen (secondary N) is 3. The number of hydrogen-bond acceptors (Lipinski definition) is 5. The maximum absolute atomic E-state index is 14.3. The minimum atomic E-state index is -1.38. The van der Waals surface area contributed by atoms with Crippen molar-refractivity contribution in [3.8, 4) is 11.1 Å². The fraction of sp³-hybridized carbons (Fsp3) is 0.111. The Balaban J connectivity index is 1.16. The molecule has 6 aromatic rings. The van der Waals surface area contributed by atoms with E-state index in [0.717, 1.165) is 38.9 Å². The average molecular weight is 716 g/mol. The van der Waals surface area contributed by atoms with Crippen LogP contribution in [0.5, 0.6) is 0 Å². The zero-order chi connectivity index (χ0) is 37.5. The number of carboxylic acids is 1. The van der Waals surface area contributed by atoms with E-state index in [1.165, 1.54) is 24.3 Å². The second-order valence-corrected chi connectivity index (χ2v) is 13.0. The molecule has 268 valence electrons. The monoisotopic (exact) mass is 715 g/mol. The number of alkyl carbamates (subject to hydrolysis) is 1. The van der Waals surface area contributed by atoms with Gasteiger partial charge in [0.1, 0.15) is 18.2 Å². The van der Waals surface area contributed by atoms with E-state index in [4.69, 9.17) is 4.74 Å². The molecule has 54 heavy (non-hydrogen) atoms. The summed E-state index contributed by atoms with van der Waals surface area (Å²) in [6, 6.07) is 48.8. The average Bonchev–Trinajstić information content (AvgIpc) is 3.53. The van der Waals surface area contributed by atoms with E-state index in [0.29, 0.717) is 0 Å². The molecule has 4 N–H and O–H groups in total. The van der Waals surface area contributed by atoms with Gasteiger partial charge >= 0.3 is 12.1 Å². The van der Waals surface area contributed by atoms with Crippen LogP contribution >= 0.6 is 0 Å². The Hall–Kier alpha value is -7.00. The fourth-order valence-electron chi connectivity index (χ4n) is 7.14. The molecule has 0 saturated carbocycles. The Labute approximate surface area is 312 Å². The number of benzene rings is 6. The van der Waals surface area contributed by atoms with Gasteiger partial charge in [0.05, 0.1) is 12.0 Å². The van der Waals surface area contributed by atoms with Gasteiger partial charge in [-0.15, -0.1) is 0 Å². The Kier molecular flexibility index (Phi) is 10.3. The molecule has 1 aliphatic carbocycles. The molecule has 1 atom stereocenters. The minimum absolute atomic E-state index is 0.0101. The van der Waals surface area contributed by atoms with Crippen molar-refractivity contribution in [2.75, 3.05) is 11.9 Å². The number of rotatable bonds is 12. The molecule has 0 bridgehead atoms. The van der Waals surface area contributed by atoms with Crippen LogP contribution in [0.4, 0.5) is 10.5 Å². The summed E-state index contributed by atoms with van der Waals surface area (Å²) in [7, 11) is 0. The van der Waals surface area contributed by atoms with E-state index in [2.05, 4.69) is 16.0 Å². The topological polar surface area (TPSA) is 134 Å². The van der Waals surface area contributed by atoms with Crippen molar-refractivity contribution in [2.24, 2.45) is 0 Å². The number of carbonyl (C=O) groups is 4. The number of ether oxygens (including phenoxy) is 1. The largest absolute Gasteiger partial charge is 0.478 e. The Bertz CT molecular complexity index is 2140. The van der Waals surface area contributed by atoms with Crippen molar-refractivity contribution in [3.63, 3.8) is 0 Å². The highest BCUT2D eigenvalue weighted by atomic mass is 16.5. The van der Waals surface area contributed by atoms with Crippen LogP contribution in [0.25, 0.3) is 11.1 Å². The number of hydrogen-bond donors (Lipinski definition) is 4. The SMILES string of the molecule is O=C(CC(NC(=O)OCC1c2ccccc2-c2ccccc21)C(=O)Nc1ccc(C(=O)O)cc1)NC(c1ccccc1)(c1ccccc1)c1ccccc1. The van der Waals surface area contributed by atoms with E-state index in [-0.39, 0.29) is 23.8 Å². The molecular weight excluding hydrogens is 679 g/mol. The highest BCUT2D eigenvalue weighted by molar-refractivity contribution is 6.00. The smallest absolute Gasteiger partial charge is 0.407 e. The molecule has 0 spiro atoms. The number of amides is 3. The van der Waals surface area contributed by atoms with E-state index < -0.39 is 41.9 Å². The molecule has 3 amide bonds. The third-order valence-electron chi connectivity index (χ3n) is 9.69. The molecule has 0 aromatic heterocycles. The summed E-state index contributed by atoms with van der Waals surface area (Å²) in [5.41, 5.74) is 5.76. The number of carboxylic acid groups (broad SMARTS) is 1. The van der Waals surface area contributed by atoms with Crippen molar-refractivity contribution >= 4 is 29.6 Å². The molecule has 0 saturated heterocycles. The van der Waals surface area contributed by atoms with Gasteiger partial charge in [0.15, 0.2) is 0 Å². The van der Waals surface area contributed by atoms with Gasteiger partial charge in [0, 0.05) is 11.6 Å². The van der Waals surface area contributed by atoms with E-state index >= 15 is 0 Å². The fourth-order valence-corrected chi connectivity index (χ4v) is 7.14. The van der Waals surface area contributed by atoms with Crippen LogP contribution in [0, 0.1) is 0 Å². The molecule has 9 heteroatoms. The van der Waals surface area contributed by atoms with Crippen molar-refractivity contribution in [1.29, 1.82) is 0 Å². The maximum atomic E-state index is 14.3. The molecule has 0 fully saturated rings. The predicted molar refractivity (Wildman–Crippen MR) is 206 cm³/mol. The van der Waals surface area contributed by atoms with Crippen LogP contribution < -0.4 is 16.0 Å². The van der Waals surface area contributed by atoms with Gasteiger partial charge in [-0.3, -0.25) is 9.59 Å². The summed E-state index contributed by atoms with van der Waals surface area (Å²) in [6.07, 6.45) is -1.32. The van der Waals surface area contributed by atoms with Crippen LogP contribution in [-0.2, 0) is 19.9 Å². The Morgan fingerprint density at radius 2 is 1.07 bits per heavy atom. The summed E-state index contributed by atoms with van der Waals surface area (Å²) in [5.74, 6) is -2.54. The van der Waals surface area contributed by atoms with Gasteiger partial charge < -0.3 is 25.8 Å². The standard InChI is InChI=1S/C45H37N3O6/c49-41(48-45(31-14-4-1-5-15-31,32-16-6-2-7-17-32)33-18-8-3-9-19-33)28-40(42(50)46-34-26-24-30(25-27-34)43(51)52)47-44(53)54-29-39-37-22-12-10-20-35(37)36-21-11-13-23-38(36)39/h1-27,39-40H,28-29H2,(H,46,50)(H,47,53)(H,48,49)(H,51,52). The third-order valence-corrected chi connectivity index (χ3v) is 9.69. The molecule has 9 nitrogen and oxygen atoms in total. The molecular formula is C45H37N3O6. The molecule has 7 rings (SSSR count). The first-order valence-electron chi connectivity index (χ1n) is 17.6. The summed E-state index contributed by atoms with van der Waals surface area (Å²) < 4.78 is 5.78. The van der Waals surface area contributed by atoms with Crippen LogP contribution in [0.3, 0.4) is 0 Å². The van der Waals surface area contributed by atoms with Crippen molar-refractivity contribution in [3.05, 3.63) is 197 Å². The second kappa shape index (κ2) is 15.7. The van der Waals surface area contributed by atoms with Gasteiger partial charge in [-0.25, -0.2) is 9.59 Å². The molecule has 0 aliphatic heterocycles. The van der Waals surface area contributed by atoms with Crippen LogP contribution in [0.1, 0.15) is 50.5 Å². The number of anilines is 1. The second-order valence-electron chi connectivity index (χ2n) is 13.0. The lowest BCUT2D eigenvalue weighted by molar-refractivity contribution is -0.126. The molecule has 6 aromatic carbocycles.